The van der Waals surface area contributed by atoms with Crippen molar-refractivity contribution in [2.24, 2.45) is 5.92 Å². The van der Waals surface area contributed by atoms with Crippen LogP contribution in [0.2, 0.25) is 0 Å². The minimum absolute atomic E-state index is 0. The van der Waals surface area contributed by atoms with Crippen molar-refractivity contribution < 1.29 is 0 Å². The Bertz CT molecular complexity index is 78.1. The number of nitrogens with one attached hydrogen (secondary N) is 1. The van der Waals surface area contributed by atoms with E-state index in [1.165, 1.54) is 0 Å². The van der Waals surface area contributed by atoms with Crippen LogP contribution in [0.25, 0.3) is 0 Å². The zero-order chi connectivity index (χ0) is 7.98. The van der Waals surface area contributed by atoms with Crippen molar-refractivity contribution in [1.82, 2.24) is 5.32 Å². The van der Waals surface area contributed by atoms with Gasteiger partial charge in [-0.2, -0.15) is 0 Å². The lowest BCUT2D eigenvalue weighted by Gasteiger charge is -2.09. The van der Waals surface area contributed by atoms with Crippen LogP contribution in [0.15, 0.2) is 0 Å². The van der Waals surface area contributed by atoms with Crippen LogP contribution in [0.4, 0.5) is 0 Å². The molecular formula is C7H16Br3N. The molecule has 11 heavy (non-hydrogen) atoms. The molecule has 0 aliphatic carbocycles. The fraction of sp³-hybridized carbons (Fsp3) is 1.00. The summed E-state index contributed by atoms with van der Waals surface area (Å²) >= 11 is 6.91. The third-order valence-corrected chi connectivity index (χ3v) is 3.38. The maximum absolute atomic E-state index is 3.52. The molecule has 0 fully saturated rings. The average molecular weight is 354 g/mol. The number of rotatable bonds is 5. The Morgan fingerprint density at radius 1 is 1.27 bits per heavy atom. The van der Waals surface area contributed by atoms with Crippen LogP contribution in [0.5, 0.6) is 0 Å². The smallest absolute Gasteiger partial charge is 0.0367 e. The van der Waals surface area contributed by atoms with Crippen LogP contribution in [0.1, 0.15) is 13.8 Å². The second-order valence-corrected chi connectivity index (χ2v) is 4.75. The summed E-state index contributed by atoms with van der Waals surface area (Å²) in [5.41, 5.74) is 0. The van der Waals surface area contributed by atoms with Gasteiger partial charge in [0.25, 0.3) is 0 Å². The van der Waals surface area contributed by atoms with Gasteiger partial charge in [0.15, 0.2) is 0 Å². The quantitative estimate of drug-likeness (QED) is 0.749. The number of alkyl halides is 2. The lowest BCUT2D eigenvalue weighted by atomic mass is 10.2. The van der Waals surface area contributed by atoms with Gasteiger partial charge in [-0.3, -0.25) is 0 Å². The maximum Gasteiger partial charge on any atom is 0.0367 e. The predicted octanol–water partition coefficient (Wildman–Crippen LogP) is 2.97. The molecule has 0 aromatic carbocycles. The zero-order valence-corrected chi connectivity index (χ0v) is 11.8. The number of halogens is 3. The highest BCUT2D eigenvalue weighted by Gasteiger charge is 2.00. The Balaban J connectivity index is 0. The van der Waals surface area contributed by atoms with Crippen LogP contribution >= 0.6 is 48.8 Å². The summed E-state index contributed by atoms with van der Waals surface area (Å²) in [6.45, 7) is 6.58. The molecule has 0 aliphatic rings. The minimum Gasteiger partial charge on any atom is -0.315 e. The van der Waals surface area contributed by atoms with Crippen molar-refractivity contribution in [3.8, 4) is 0 Å². The molecule has 1 nitrogen and oxygen atoms in total. The summed E-state index contributed by atoms with van der Waals surface area (Å²) in [5, 5.41) is 4.37. The van der Waals surface area contributed by atoms with Gasteiger partial charge in [0.2, 0.25) is 0 Å². The maximum atomic E-state index is 3.52. The van der Waals surface area contributed by atoms with E-state index in [0.717, 1.165) is 24.3 Å². The molecule has 0 heterocycles. The molecule has 0 amide bonds. The van der Waals surface area contributed by atoms with Gasteiger partial charge >= 0.3 is 0 Å². The second kappa shape index (κ2) is 9.49. The molecule has 0 aromatic rings. The molecule has 0 saturated carbocycles. The van der Waals surface area contributed by atoms with Crippen molar-refractivity contribution in [3.63, 3.8) is 0 Å². The van der Waals surface area contributed by atoms with E-state index in [-0.39, 0.29) is 17.0 Å². The van der Waals surface area contributed by atoms with E-state index >= 15 is 0 Å². The fourth-order valence-corrected chi connectivity index (χ4v) is 1.04. The molecule has 70 valence electrons. The summed E-state index contributed by atoms with van der Waals surface area (Å²) in [6, 6.07) is 0. The van der Waals surface area contributed by atoms with Crippen LogP contribution in [0, 0.1) is 5.92 Å². The van der Waals surface area contributed by atoms with E-state index in [2.05, 4.69) is 51.0 Å². The molecule has 0 rings (SSSR count). The first-order valence-corrected chi connectivity index (χ1v) is 5.61. The highest BCUT2D eigenvalue weighted by Crippen LogP contribution is 2.01. The first kappa shape index (κ1) is 14.9. The van der Waals surface area contributed by atoms with E-state index in [1.54, 1.807) is 0 Å². The van der Waals surface area contributed by atoms with Gasteiger partial charge in [-0.25, -0.2) is 0 Å². The molecular weight excluding hydrogens is 338 g/mol. The standard InChI is InChI=1S/C7H15Br2N.BrH/c1-6(2)4-10-5-7(9)3-8;/h6-7,10H,3-5H2,1-2H3;1H. The Kier molecular flexibility index (Phi) is 12.9. The minimum atomic E-state index is 0. The summed E-state index contributed by atoms with van der Waals surface area (Å²) in [5.74, 6) is 0.745. The monoisotopic (exact) mass is 351 g/mol. The van der Waals surface area contributed by atoms with Gasteiger partial charge in [0.05, 0.1) is 0 Å². The Hall–Kier alpha value is 1.40. The molecule has 1 N–H and O–H groups in total. The van der Waals surface area contributed by atoms with E-state index < -0.39 is 0 Å². The van der Waals surface area contributed by atoms with Crippen LogP contribution in [-0.2, 0) is 0 Å². The number of hydrogen-bond acceptors (Lipinski definition) is 1. The third kappa shape index (κ3) is 11.4. The van der Waals surface area contributed by atoms with E-state index in [0.29, 0.717) is 4.83 Å². The summed E-state index contributed by atoms with van der Waals surface area (Å²) < 4.78 is 0. The first-order valence-electron chi connectivity index (χ1n) is 3.57. The topological polar surface area (TPSA) is 12.0 Å². The zero-order valence-electron chi connectivity index (χ0n) is 6.94. The lowest BCUT2D eigenvalue weighted by Crippen LogP contribution is -2.27. The molecule has 0 radical (unpaired) electrons. The molecule has 0 aliphatic heterocycles. The van der Waals surface area contributed by atoms with Gasteiger partial charge in [0, 0.05) is 16.7 Å². The first-order chi connectivity index (χ1) is 4.66. The van der Waals surface area contributed by atoms with Crippen LogP contribution in [0.3, 0.4) is 0 Å². The lowest BCUT2D eigenvalue weighted by molar-refractivity contribution is 0.556. The fourth-order valence-electron chi connectivity index (χ4n) is 0.583. The highest BCUT2D eigenvalue weighted by atomic mass is 79.9. The van der Waals surface area contributed by atoms with Crippen molar-refractivity contribution in [2.45, 2.75) is 18.7 Å². The second-order valence-electron chi connectivity index (χ2n) is 2.80. The molecule has 1 unspecified atom stereocenters. The Labute approximate surface area is 96.7 Å². The Morgan fingerprint density at radius 3 is 2.18 bits per heavy atom. The van der Waals surface area contributed by atoms with Crippen molar-refractivity contribution in [3.05, 3.63) is 0 Å². The van der Waals surface area contributed by atoms with E-state index in [1.807, 2.05) is 0 Å². The van der Waals surface area contributed by atoms with Crippen LogP contribution in [-0.4, -0.2) is 23.2 Å². The Morgan fingerprint density at radius 2 is 1.82 bits per heavy atom. The normalized spacial score (nSPS) is 12.8. The van der Waals surface area contributed by atoms with Crippen molar-refractivity contribution in [2.75, 3.05) is 18.4 Å². The molecule has 0 aromatic heterocycles. The van der Waals surface area contributed by atoms with Gasteiger partial charge in [-0.1, -0.05) is 45.7 Å². The third-order valence-electron chi connectivity index (χ3n) is 1.09. The molecule has 0 saturated heterocycles. The summed E-state index contributed by atoms with van der Waals surface area (Å²) in [4.78, 5) is 0.561. The molecule has 4 heteroatoms. The highest BCUT2D eigenvalue weighted by molar-refractivity contribution is 9.12. The predicted molar refractivity (Wildman–Crippen MR) is 64.5 cm³/mol. The summed E-state index contributed by atoms with van der Waals surface area (Å²) in [7, 11) is 0. The largest absolute Gasteiger partial charge is 0.315 e. The van der Waals surface area contributed by atoms with Crippen LogP contribution < -0.4 is 5.32 Å². The number of hydrogen-bond donors (Lipinski definition) is 1. The van der Waals surface area contributed by atoms with Gasteiger partial charge in [-0.05, 0) is 12.5 Å². The van der Waals surface area contributed by atoms with Crippen molar-refractivity contribution >= 4 is 48.8 Å². The SMILES string of the molecule is Br.CC(C)CNCC(Br)CBr. The molecule has 0 bridgehead atoms. The van der Waals surface area contributed by atoms with E-state index in [4.69, 9.17) is 0 Å². The van der Waals surface area contributed by atoms with Crippen molar-refractivity contribution in [1.29, 1.82) is 0 Å². The van der Waals surface area contributed by atoms with Gasteiger partial charge in [-0.15, -0.1) is 17.0 Å². The molecule has 0 spiro atoms. The van der Waals surface area contributed by atoms with Gasteiger partial charge in [0.1, 0.15) is 0 Å². The average Bonchev–Trinajstić information content (AvgIpc) is 1.87. The molecule has 1 atom stereocenters. The summed E-state index contributed by atoms with van der Waals surface area (Å²) in [6.07, 6.45) is 0. The van der Waals surface area contributed by atoms with E-state index in [9.17, 15) is 0 Å². The van der Waals surface area contributed by atoms with Gasteiger partial charge < -0.3 is 5.32 Å².